The fraction of sp³-hybridized carbons (Fsp3) is 0.300. The van der Waals surface area contributed by atoms with Gasteiger partial charge in [0.2, 0.25) is 0 Å². The number of carbonyl (C=O) groups excluding carboxylic acids is 1. The van der Waals surface area contributed by atoms with E-state index in [-0.39, 0.29) is 18.1 Å². The molecule has 7 heteroatoms. The number of carboxylic acid groups (broad SMARTS) is 1. The summed E-state index contributed by atoms with van der Waals surface area (Å²) in [4.78, 5) is 23.1. The highest BCUT2D eigenvalue weighted by Gasteiger charge is 2.30. The molecule has 0 heterocycles. The first-order chi connectivity index (χ1) is 12.8. The van der Waals surface area contributed by atoms with Crippen LogP contribution in [-0.2, 0) is 15.3 Å². The van der Waals surface area contributed by atoms with E-state index in [1.54, 1.807) is 19.9 Å². The van der Waals surface area contributed by atoms with Crippen LogP contribution in [0.15, 0.2) is 48.5 Å². The Morgan fingerprint density at radius 2 is 1.89 bits per heavy atom. The lowest BCUT2D eigenvalue weighted by Gasteiger charge is -2.25. The van der Waals surface area contributed by atoms with E-state index in [4.69, 9.17) is 9.84 Å². The topological polar surface area (TPSA) is 75.6 Å². The molecule has 0 aliphatic rings. The van der Waals surface area contributed by atoms with Gasteiger partial charge in [0.05, 0.1) is 6.42 Å². The first-order valence-corrected chi connectivity index (χ1v) is 9.56. The van der Waals surface area contributed by atoms with E-state index >= 15 is 0 Å². The Bertz CT molecular complexity index is 793. The molecular weight excluding hydrogens is 369 g/mol. The van der Waals surface area contributed by atoms with Crippen LogP contribution in [0.1, 0.15) is 25.8 Å². The van der Waals surface area contributed by atoms with Gasteiger partial charge in [-0.15, -0.1) is 0 Å². The Hall–Kier alpha value is -2.54. The van der Waals surface area contributed by atoms with Gasteiger partial charge in [-0.1, -0.05) is 12.1 Å². The molecule has 1 amide bonds. The molecular formula is C20H22FNO4S. The largest absolute Gasteiger partial charge is 0.481 e. The number of hydrogen-bond acceptors (Lipinski definition) is 4. The molecule has 0 saturated carbocycles. The van der Waals surface area contributed by atoms with Crippen molar-refractivity contribution in [2.45, 2.75) is 31.6 Å². The lowest BCUT2D eigenvalue weighted by atomic mass is 10.1. The van der Waals surface area contributed by atoms with Crippen molar-refractivity contribution in [2.75, 3.05) is 11.1 Å². The molecule has 0 aromatic heterocycles. The molecule has 2 aromatic carbocycles. The molecule has 0 spiro atoms. The molecule has 0 radical (unpaired) electrons. The van der Waals surface area contributed by atoms with E-state index in [0.29, 0.717) is 22.9 Å². The number of halogens is 1. The Morgan fingerprint density at radius 1 is 1.19 bits per heavy atom. The number of thioether (sulfide) groups is 1. The minimum atomic E-state index is -1.15. The molecule has 0 aliphatic heterocycles. The van der Waals surface area contributed by atoms with E-state index in [0.717, 1.165) is 5.56 Å². The van der Waals surface area contributed by atoms with Crippen LogP contribution in [-0.4, -0.2) is 28.3 Å². The van der Waals surface area contributed by atoms with E-state index in [9.17, 15) is 14.0 Å². The highest BCUT2D eigenvalue weighted by Crippen LogP contribution is 2.22. The molecule has 144 valence electrons. The second-order valence-corrected chi connectivity index (χ2v) is 7.52. The van der Waals surface area contributed by atoms with Gasteiger partial charge in [0.25, 0.3) is 5.91 Å². The number of carboxylic acids is 1. The van der Waals surface area contributed by atoms with E-state index in [1.165, 1.54) is 36.0 Å². The van der Waals surface area contributed by atoms with Crippen molar-refractivity contribution in [1.82, 2.24) is 0 Å². The normalized spacial score (nSPS) is 11.1. The summed E-state index contributed by atoms with van der Waals surface area (Å²) >= 11 is 1.52. The fourth-order valence-electron chi connectivity index (χ4n) is 2.21. The van der Waals surface area contributed by atoms with Crippen molar-refractivity contribution in [1.29, 1.82) is 0 Å². The zero-order valence-electron chi connectivity index (χ0n) is 15.2. The van der Waals surface area contributed by atoms with Crippen LogP contribution in [0.25, 0.3) is 0 Å². The predicted molar refractivity (Wildman–Crippen MR) is 105 cm³/mol. The molecule has 0 aliphatic carbocycles. The number of hydrogen-bond donors (Lipinski definition) is 2. The lowest BCUT2D eigenvalue weighted by molar-refractivity contribution is -0.136. The van der Waals surface area contributed by atoms with Crippen LogP contribution in [0.3, 0.4) is 0 Å². The highest BCUT2D eigenvalue weighted by molar-refractivity contribution is 7.98. The van der Waals surface area contributed by atoms with Gasteiger partial charge in [-0.25, -0.2) is 4.39 Å². The number of nitrogens with one attached hydrogen (secondary N) is 1. The summed E-state index contributed by atoms with van der Waals surface area (Å²) in [5, 5.41) is 11.5. The first-order valence-electron chi connectivity index (χ1n) is 8.41. The fourth-order valence-corrected chi connectivity index (χ4v) is 3.09. The minimum absolute atomic E-state index is 0.121. The molecule has 0 bridgehead atoms. The zero-order valence-corrected chi connectivity index (χ0v) is 16.0. The molecule has 27 heavy (non-hydrogen) atoms. The van der Waals surface area contributed by atoms with Crippen LogP contribution in [0.4, 0.5) is 10.1 Å². The predicted octanol–water partition coefficient (Wildman–Crippen LogP) is 4.33. The third kappa shape index (κ3) is 6.94. The average Bonchev–Trinajstić information content (AvgIpc) is 2.61. The zero-order chi connectivity index (χ0) is 19.9. The van der Waals surface area contributed by atoms with Gasteiger partial charge in [-0.2, -0.15) is 11.8 Å². The maximum absolute atomic E-state index is 13.0. The van der Waals surface area contributed by atoms with Crippen molar-refractivity contribution >= 4 is 29.3 Å². The van der Waals surface area contributed by atoms with Gasteiger partial charge in [0.15, 0.2) is 5.60 Å². The molecule has 0 saturated heterocycles. The van der Waals surface area contributed by atoms with Gasteiger partial charge in [0, 0.05) is 17.2 Å². The first kappa shape index (κ1) is 20.8. The Balaban J connectivity index is 1.94. The van der Waals surface area contributed by atoms with E-state index in [1.807, 2.05) is 18.2 Å². The maximum atomic E-state index is 13.0. The second kappa shape index (κ2) is 9.41. The Kier molecular flexibility index (Phi) is 7.24. The SMILES string of the molecule is CC(C)(Oc1ccc(F)cc1)C(=O)Nc1cccc(CSCCC(=O)O)c1. The molecule has 0 unspecified atom stereocenters. The van der Waals surface area contributed by atoms with Gasteiger partial charge < -0.3 is 15.2 Å². The Labute approximate surface area is 161 Å². The van der Waals surface area contributed by atoms with E-state index < -0.39 is 11.6 Å². The van der Waals surface area contributed by atoms with Crippen molar-refractivity contribution in [3.8, 4) is 5.75 Å². The molecule has 0 fully saturated rings. The Morgan fingerprint density at radius 3 is 2.56 bits per heavy atom. The summed E-state index contributed by atoms with van der Waals surface area (Å²) in [6.07, 6.45) is 0.121. The summed E-state index contributed by atoms with van der Waals surface area (Å²) in [7, 11) is 0. The third-order valence-electron chi connectivity index (χ3n) is 3.65. The number of anilines is 1. The minimum Gasteiger partial charge on any atom is -0.481 e. The van der Waals surface area contributed by atoms with Gasteiger partial charge in [0.1, 0.15) is 11.6 Å². The van der Waals surface area contributed by atoms with E-state index in [2.05, 4.69) is 5.32 Å². The number of benzene rings is 2. The van der Waals surface area contributed by atoms with Crippen molar-refractivity contribution in [3.05, 3.63) is 59.9 Å². The molecule has 2 rings (SSSR count). The number of rotatable bonds is 9. The summed E-state index contributed by atoms with van der Waals surface area (Å²) < 4.78 is 18.7. The molecule has 0 atom stereocenters. The molecule has 2 N–H and O–H groups in total. The number of carbonyl (C=O) groups is 2. The summed E-state index contributed by atoms with van der Waals surface area (Å²) in [6.45, 7) is 3.27. The lowest BCUT2D eigenvalue weighted by Crippen LogP contribution is -2.42. The quantitative estimate of drug-likeness (QED) is 0.622. The summed E-state index contributed by atoms with van der Waals surface area (Å²) in [6, 6.07) is 12.9. The maximum Gasteiger partial charge on any atom is 0.304 e. The average molecular weight is 391 g/mol. The summed E-state index contributed by atoms with van der Waals surface area (Å²) in [5.41, 5.74) is 0.469. The standard InChI is InChI=1S/C20H22FNO4S/c1-20(2,26-17-8-6-15(21)7-9-17)19(25)22-16-5-3-4-14(12-16)13-27-11-10-18(23)24/h3-9,12H,10-11,13H2,1-2H3,(H,22,25)(H,23,24). The van der Waals surface area contributed by atoms with Crippen LogP contribution in [0.5, 0.6) is 5.75 Å². The van der Waals surface area contributed by atoms with Gasteiger partial charge in [-0.3, -0.25) is 9.59 Å². The highest BCUT2D eigenvalue weighted by atomic mass is 32.2. The van der Waals surface area contributed by atoms with Crippen LogP contribution < -0.4 is 10.1 Å². The van der Waals surface area contributed by atoms with Crippen molar-refractivity contribution in [3.63, 3.8) is 0 Å². The molecule has 5 nitrogen and oxygen atoms in total. The van der Waals surface area contributed by atoms with Gasteiger partial charge >= 0.3 is 5.97 Å². The van der Waals surface area contributed by atoms with Crippen LogP contribution in [0, 0.1) is 5.82 Å². The second-order valence-electron chi connectivity index (χ2n) is 6.42. The monoisotopic (exact) mass is 391 g/mol. The number of amides is 1. The van der Waals surface area contributed by atoms with Crippen molar-refractivity contribution in [2.24, 2.45) is 0 Å². The molecule has 2 aromatic rings. The van der Waals surface area contributed by atoms with Crippen molar-refractivity contribution < 1.29 is 23.8 Å². The smallest absolute Gasteiger partial charge is 0.304 e. The van der Waals surface area contributed by atoms with Crippen LogP contribution >= 0.6 is 11.8 Å². The van der Waals surface area contributed by atoms with Crippen LogP contribution in [0.2, 0.25) is 0 Å². The third-order valence-corrected chi connectivity index (χ3v) is 4.68. The summed E-state index contributed by atoms with van der Waals surface area (Å²) in [5.74, 6) is 0.0777. The number of aliphatic carboxylic acids is 1. The van der Waals surface area contributed by atoms with Gasteiger partial charge in [-0.05, 0) is 55.8 Å². The number of ether oxygens (including phenoxy) is 1.